The van der Waals surface area contributed by atoms with Crippen molar-refractivity contribution in [2.24, 2.45) is 5.73 Å². The first-order chi connectivity index (χ1) is 8.99. The molecule has 102 valence electrons. The molecule has 0 radical (unpaired) electrons. The molecule has 0 aliphatic heterocycles. The van der Waals surface area contributed by atoms with Crippen molar-refractivity contribution in [3.05, 3.63) is 45.3 Å². The third-order valence-electron chi connectivity index (χ3n) is 3.02. The molecule has 4 nitrogen and oxygen atoms in total. The van der Waals surface area contributed by atoms with E-state index < -0.39 is 0 Å². The summed E-state index contributed by atoms with van der Waals surface area (Å²) in [6.45, 7) is 6.15. The molecule has 0 spiro atoms. The first-order valence-corrected chi connectivity index (χ1v) is 6.88. The van der Waals surface area contributed by atoms with Gasteiger partial charge in [0.05, 0.1) is 11.3 Å². The van der Waals surface area contributed by atoms with Crippen LogP contribution in [0.15, 0.2) is 27.2 Å². The van der Waals surface area contributed by atoms with Gasteiger partial charge in [-0.05, 0) is 32.9 Å². The van der Waals surface area contributed by atoms with E-state index in [-0.39, 0.29) is 6.04 Å². The standard InChI is InChI=1S/C14H17BrN2O2/c1-8(16)12-5-4-11(15)6-14(12)18-7-13-9(2)17-19-10(13)3/h4-6,8H,7,16H2,1-3H3/t8-/m0/s1. The number of aromatic nitrogens is 1. The number of ether oxygens (including phenoxy) is 1. The maximum Gasteiger partial charge on any atom is 0.140 e. The molecular formula is C14H17BrN2O2. The monoisotopic (exact) mass is 324 g/mol. The number of benzene rings is 1. The molecule has 0 aliphatic rings. The van der Waals surface area contributed by atoms with Crippen molar-refractivity contribution in [3.63, 3.8) is 0 Å². The van der Waals surface area contributed by atoms with Crippen LogP contribution in [0.4, 0.5) is 0 Å². The Hall–Kier alpha value is -1.33. The maximum atomic E-state index is 5.95. The third-order valence-corrected chi connectivity index (χ3v) is 3.51. The van der Waals surface area contributed by atoms with Gasteiger partial charge in [0.1, 0.15) is 18.1 Å². The third kappa shape index (κ3) is 3.16. The molecule has 1 atom stereocenters. The van der Waals surface area contributed by atoms with E-state index in [0.29, 0.717) is 6.61 Å². The van der Waals surface area contributed by atoms with Gasteiger partial charge < -0.3 is 15.0 Å². The number of hydrogen-bond donors (Lipinski definition) is 1. The minimum absolute atomic E-state index is 0.0761. The Balaban J connectivity index is 2.22. The highest BCUT2D eigenvalue weighted by Gasteiger charge is 2.13. The summed E-state index contributed by atoms with van der Waals surface area (Å²) in [5.41, 5.74) is 8.77. The highest BCUT2D eigenvalue weighted by molar-refractivity contribution is 9.10. The second-order valence-electron chi connectivity index (χ2n) is 4.56. The largest absolute Gasteiger partial charge is 0.488 e. The van der Waals surface area contributed by atoms with Gasteiger partial charge in [-0.25, -0.2) is 0 Å². The van der Waals surface area contributed by atoms with Crippen LogP contribution in [0.25, 0.3) is 0 Å². The molecule has 0 saturated carbocycles. The number of rotatable bonds is 4. The predicted octanol–water partition coefficient (Wildman–Crippen LogP) is 3.65. The molecule has 1 aromatic carbocycles. The molecule has 0 unspecified atom stereocenters. The first kappa shape index (κ1) is 14.1. The van der Waals surface area contributed by atoms with Crippen molar-refractivity contribution in [1.29, 1.82) is 0 Å². The zero-order valence-corrected chi connectivity index (χ0v) is 12.8. The second-order valence-corrected chi connectivity index (χ2v) is 5.48. The molecule has 19 heavy (non-hydrogen) atoms. The minimum Gasteiger partial charge on any atom is -0.488 e. The van der Waals surface area contributed by atoms with Crippen molar-refractivity contribution in [1.82, 2.24) is 5.16 Å². The van der Waals surface area contributed by atoms with Gasteiger partial charge in [-0.3, -0.25) is 0 Å². The summed E-state index contributed by atoms with van der Waals surface area (Å²) in [6.07, 6.45) is 0. The average Bonchev–Trinajstić information content (AvgIpc) is 2.66. The van der Waals surface area contributed by atoms with E-state index in [4.69, 9.17) is 15.0 Å². The number of halogens is 1. The Kier molecular flexibility index (Phi) is 4.27. The van der Waals surface area contributed by atoms with Gasteiger partial charge in [0.2, 0.25) is 0 Å². The lowest BCUT2D eigenvalue weighted by molar-refractivity contribution is 0.297. The lowest BCUT2D eigenvalue weighted by Crippen LogP contribution is -2.08. The van der Waals surface area contributed by atoms with Crippen LogP contribution in [-0.2, 0) is 6.61 Å². The van der Waals surface area contributed by atoms with Crippen LogP contribution in [0.5, 0.6) is 5.75 Å². The summed E-state index contributed by atoms with van der Waals surface area (Å²) in [4.78, 5) is 0. The van der Waals surface area contributed by atoms with Crippen molar-refractivity contribution in [2.75, 3.05) is 0 Å². The molecule has 1 heterocycles. The van der Waals surface area contributed by atoms with E-state index >= 15 is 0 Å². The zero-order valence-electron chi connectivity index (χ0n) is 11.2. The van der Waals surface area contributed by atoms with E-state index in [1.54, 1.807) is 0 Å². The predicted molar refractivity (Wildman–Crippen MR) is 77.1 cm³/mol. The maximum absolute atomic E-state index is 5.95. The second kappa shape index (κ2) is 5.75. The van der Waals surface area contributed by atoms with Crippen LogP contribution in [0.1, 0.15) is 35.5 Å². The lowest BCUT2D eigenvalue weighted by atomic mass is 10.1. The fourth-order valence-electron chi connectivity index (χ4n) is 1.87. The zero-order chi connectivity index (χ0) is 14.0. The van der Waals surface area contributed by atoms with E-state index in [0.717, 1.165) is 32.8 Å². The van der Waals surface area contributed by atoms with Gasteiger partial charge in [0, 0.05) is 16.1 Å². The lowest BCUT2D eigenvalue weighted by Gasteiger charge is -2.14. The van der Waals surface area contributed by atoms with Gasteiger partial charge in [-0.15, -0.1) is 0 Å². The molecular weight excluding hydrogens is 308 g/mol. The number of nitrogens with zero attached hydrogens (tertiary/aromatic N) is 1. The van der Waals surface area contributed by atoms with E-state index in [1.807, 2.05) is 39.0 Å². The molecule has 5 heteroatoms. The molecule has 0 saturated heterocycles. The Labute approximate surface area is 121 Å². The number of hydrogen-bond acceptors (Lipinski definition) is 4. The summed E-state index contributed by atoms with van der Waals surface area (Å²) in [6, 6.07) is 5.78. The molecule has 2 aromatic rings. The van der Waals surface area contributed by atoms with Gasteiger partial charge in [0.25, 0.3) is 0 Å². The minimum atomic E-state index is -0.0761. The Morgan fingerprint density at radius 3 is 2.74 bits per heavy atom. The van der Waals surface area contributed by atoms with Crippen LogP contribution in [0.3, 0.4) is 0 Å². The Bertz CT molecular complexity index is 559. The molecule has 0 fully saturated rings. The Morgan fingerprint density at radius 2 is 2.16 bits per heavy atom. The van der Waals surface area contributed by atoms with Crippen molar-refractivity contribution in [3.8, 4) is 5.75 Å². The van der Waals surface area contributed by atoms with Crippen LogP contribution < -0.4 is 10.5 Å². The van der Waals surface area contributed by atoms with E-state index in [2.05, 4.69) is 21.1 Å². The van der Waals surface area contributed by atoms with Crippen LogP contribution >= 0.6 is 15.9 Å². The molecule has 2 rings (SSSR count). The first-order valence-electron chi connectivity index (χ1n) is 6.08. The van der Waals surface area contributed by atoms with E-state index in [9.17, 15) is 0 Å². The van der Waals surface area contributed by atoms with Crippen molar-refractivity contribution in [2.45, 2.75) is 33.4 Å². The van der Waals surface area contributed by atoms with Crippen LogP contribution in [-0.4, -0.2) is 5.16 Å². The van der Waals surface area contributed by atoms with Crippen molar-refractivity contribution < 1.29 is 9.26 Å². The summed E-state index contributed by atoms with van der Waals surface area (Å²) >= 11 is 3.44. The average molecular weight is 325 g/mol. The van der Waals surface area contributed by atoms with Gasteiger partial charge in [-0.2, -0.15) is 0 Å². The SMILES string of the molecule is Cc1noc(C)c1COc1cc(Br)ccc1[C@H](C)N. The van der Waals surface area contributed by atoms with Crippen LogP contribution in [0.2, 0.25) is 0 Å². The normalized spacial score (nSPS) is 12.5. The van der Waals surface area contributed by atoms with Gasteiger partial charge >= 0.3 is 0 Å². The van der Waals surface area contributed by atoms with Crippen molar-refractivity contribution >= 4 is 15.9 Å². The smallest absolute Gasteiger partial charge is 0.140 e. The molecule has 0 aliphatic carbocycles. The van der Waals surface area contributed by atoms with Gasteiger partial charge in [0.15, 0.2) is 0 Å². The summed E-state index contributed by atoms with van der Waals surface area (Å²) < 4.78 is 12.0. The summed E-state index contributed by atoms with van der Waals surface area (Å²) in [5.74, 6) is 1.57. The molecule has 2 N–H and O–H groups in total. The fourth-order valence-corrected chi connectivity index (χ4v) is 2.21. The topological polar surface area (TPSA) is 61.3 Å². The molecule has 1 aromatic heterocycles. The van der Waals surface area contributed by atoms with E-state index in [1.165, 1.54) is 0 Å². The van der Waals surface area contributed by atoms with Crippen LogP contribution in [0, 0.1) is 13.8 Å². The highest BCUT2D eigenvalue weighted by atomic mass is 79.9. The fraction of sp³-hybridized carbons (Fsp3) is 0.357. The molecule has 0 amide bonds. The summed E-state index contributed by atoms with van der Waals surface area (Å²) in [7, 11) is 0. The highest BCUT2D eigenvalue weighted by Crippen LogP contribution is 2.29. The number of aryl methyl sites for hydroxylation is 2. The van der Waals surface area contributed by atoms with Gasteiger partial charge in [-0.1, -0.05) is 27.2 Å². The Morgan fingerprint density at radius 1 is 1.42 bits per heavy atom. The quantitative estimate of drug-likeness (QED) is 0.932. The number of nitrogens with two attached hydrogens (primary N) is 1. The molecule has 0 bridgehead atoms. The summed E-state index contributed by atoms with van der Waals surface area (Å²) in [5, 5.41) is 3.91.